The van der Waals surface area contributed by atoms with Gasteiger partial charge >= 0.3 is 0 Å². The van der Waals surface area contributed by atoms with Gasteiger partial charge in [0.25, 0.3) is 0 Å². The van der Waals surface area contributed by atoms with Crippen molar-refractivity contribution in [3.63, 3.8) is 0 Å². The van der Waals surface area contributed by atoms with E-state index >= 15 is 0 Å². The molecule has 2 heteroatoms. The summed E-state index contributed by atoms with van der Waals surface area (Å²) in [4.78, 5) is 4.37. The van der Waals surface area contributed by atoms with Crippen LogP contribution in [-0.4, -0.2) is 28.2 Å². The quantitative estimate of drug-likeness (QED) is 0.824. The molecule has 0 fully saturated rings. The van der Waals surface area contributed by atoms with E-state index in [1.807, 2.05) is 0 Å². The van der Waals surface area contributed by atoms with Crippen LogP contribution in [0.2, 0.25) is 0 Å². The summed E-state index contributed by atoms with van der Waals surface area (Å²) in [5.41, 5.74) is 8.43. The molecule has 2 aromatic carbocycles. The van der Waals surface area contributed by atoms with Gasteiger partial charge in [-0.05, 0) is 52.9 Å². The first-order valence-corrected chi connectivity index (χ1v) is 7.92. The van der Waals surface area contributed by atoms with Gasteiger partial charge in [0.05, 0.1) is 0 Å². The summed E-state index contributed by atoms with van der Waals surface area (Å²) in [5, 5.41) is 0. The van der Waals surface area contributed by atoms with Gasteiger partial charge in [-0.25, -0.2) is 0 Å². The lowest BCUT2D eigenvalue weighted by molar-refractivity contribution is 0.610. The van der Waals surface area contributed by atoms with E-state index in [-0.39, 0.29) is 5.41 Å². The zero-order chi connectivity index (χ0) is 16.1. The topological polar surface area (TPSA) is 6.48 Å². The van der Waals surface area contributed by atoms with E-state index in [1.54, 1.807) is 0 Å². The van der Waals surface area contributed by atoms with Gasteiger partial charge in [0.1, 0.15) is 0 Å². The summed E-state index contributed by atoms with van der Waals surface area (Å²) < 4.78 is 0. The van der Waals surface area contributed by atoms with Crippen molar-refractivity contribution in [3.8, 4) is 0 Å². The fourth-order valence-electron chi connectivity index (χ4n) is 3.51. The number of hydrogen-bond donors (Lipinski definition) is 0. The second-order valence-electron chi connectivity index (χ2n) is 7.27. The van der Waals surface area contributed by atoms with Gasteiger partial charge in [-0.2, -0.15) is 0 Å². The summed E-state index contributed by atoms with van der Waals surface area (Å²) in [5.74, 6) is 0. The molecule has 0 aromatic heterocycles. The molecule has 1 aliphatic rings. The first-order chi connectivity index (χ1) is 10.3. The second-order valence-corrected chi connectivity index (χ2v) is 7.27. The molecule has 2 aromatic rings. The molecular weight excluding hydrogens is 268 g/mol. The predicted octanol–water partition coefficient (Wildman–Crippen LogP) is 4.05. The Kier molecular flexibility index (Phi) is 3.43. The van der Waals surface area contributed by atoms with Crippen LogP contribution in [0, 0.1) is 0 Å². The number of hydrogen-bond acceptors (Lipinski definition) is 2. The van der Waals surface area contributed by atoms with Crippen molar-refractivity contribution in [2.45, 2.75) is 25.7 Å². The molecule has 22 heavy (non-hydrogen) atoms. The summed E-state index contributed by atoms with van der Waals surface area (Å²) in [6.07, 6.45) is 1.04. The van der Waals surface area contributed by atoms with Crippen molar-refractivity contribution in [3.05, 3.63) is 58.7 Å². The second kappa shape index (κ2) is 5.05. The highest BCUT2D eigenvalue weighted by atomic mass is 15.1. The molecule has 0 radical (unpaired) electrons. The molecule has 0 atom stereocenters. The van der Waals surface area contributed by atoms with Gasteiger partial charge in [-0.3, -0.25) is 0 Å². The van der Waals surface area contributed by atoms with Gasteiger partial charge < -0.3 is 9.80 Å². The predicted molar refractivity (Wildman–Crippen MR) is 96.5 cm³/mol. The molecule has 0 heterocycles. The van der Waals surface area contributed by atoms with E-state index in [9.17, 15) is 0 Å². The SMILES string of the molecule is CN(C)c1ccc2c(c1)C(C)(C)c1cc(N(C)C)ccc1C2. The smallest absolute Gasteiger partial charge is 0.0364 e. The van der Waals surface area contributed by atoms with Crippen molar-refractivity contribution in [2.24, 2.45) is 0 Å². The van der Waals surface area contributed by atoms with Gasteiger partial charge in [0, 0.05) is 45.0 Å². The highest BCUT2D eigenvalue weighted by Crippen LogP contribution is 2.43. The Hall–Kier alpha value is -1.96. The van der Waals surface area contributed by atoms with Crippen LogP contribution < -0.4 is 9.80 Å². The molecule has 0 spiro atoms. The standard InChI is InChI=1S/C20H26N2/c1-20(2)18-12-16(21(3)4)9-7-14(18)11-15-8-10-17(22(5)6)13-19(15)20/h7-10,12-13H,11H2,1-6H3. The minimum Gasteiger partial charge on any atom is -0.378 e. The van der Waals surface area contributed by atoms with E-state index in [0.29, 0.717) is 0 Å². The summed E-state index contributed by atoms with van der Waals surface area (Å²) >= 11 is 0. The largest absolute Gasteiger partial charge is 0.378 e. The summed E-state index contributed by atoms with van der Waals surface area (Å²) in [7, 11) is 8.43. The van der Waals surface area contributed by atoms with Gasteiger partial charge in [0.2, 0.25) is 0 Å². The minimum atomic E-state index is 0.0426. The number of rotatable bonds is 2. The third kappa shape index (κ3) is 2.27. The Morgan fingerprint density at radius 3 is 1.50 bits per heavy atom. The van der Waals surface area contributed by atoms with E-state index in [0.717, 1.165) is 6.42 Å². The van der Waals surface area contributed by atoms with Gasteiger partial charge in [-0.15, -0.1) is 0 Å². The molecule has 116 valence electrons. The fourth-order valence-corrected chi connectivity index (χ4v) is 3.51. The van der Waals surface area contributed by atoms with E-state index in [4.69, 9.17) is 0 Å². The summed E-state index contributed by atoms with van der Waals surface area (Å²) in [6, 6.07) is 13.8. The van der Waals surface area contributed by atoms with Crippen LogP contribution in [0.15, 0.2) is 36.4 Å². The average molecular weight is 294 g/mol. The minimum absolute atomic E-state index is 0.0426. The highest BCUT2D eigenvalue weighted by molar-refractivity contribution is 5.62. The molecule has 0 bridgehead atoms. The Balaban J connectivity index is 2.16. The first kappa shape index (κ1) is 15.0. The maximum Gasteiger partial charge on any atom is 0.0364 e. The van der Waals surface area contributed by atoms with Crippen molar-refractivity contribution >= 4 is 11.4 Å². The average Bonchev–Trinajstić information content (AvgIpc) is 2.46. The molecule has 0 unspecified atom stereocenters. The molecule has 1 aliphatic carbocycles. The first-order valence-electron chi connectivity index (χ1n) is 7.92. The van der Waals surface area contributed by atoms with Crippen LogP contribution in [-0.2, 0) is 11.8 Å². The normalized spacial score (nSPS) is 15.0. The molecule has 3 rings (SSSR count). The van der Waals surface area contributed by atoms with Crippen LogP contribution >= 0.6 is 0 Å². The Labute approximate surface area is 134 Å². The lowest BCUT2D eigenvalue weighted by atomic mass is 9.68. The van der Waals surface area contributed by atoms with E-state index in [2.05, 4.69) is 88.2 Å². The van der Waals surface area contributed by atoms with Gasteiger partial charge in [0.15, 0.2) is 0 Å². The Morgan fingerprint density at radius 2 is 1.14 bits per heavy atom. The maximum absolute atomic E-state index is 2.36. The fraction of sp³-hybridized carbons (Fsp3) is 0.400. The number of nitrogens with zero attached hydrogens (tertiary/aromatic N) is 2. The molecular formula is C20H26N2. The van der Waals surface area contributed by atoms with Crippen molar-refractivity contribution in [2.75, 3.05) is 38.0 Å². The highest BCUT2D eigenvalue weighted by Gasteiger charge is 2.32. The Bertz CT molecular complexity index is 652. The number of benzene rings is 2. The van der Waals surface area contributed by atoms with Crippen molar-refractivity contribution in [1.82, 2.24) is 0 Å². The van der Waals surface area contributed by atoms with Crippen LogP contribution in [0.1, 0.15) is 36.1 Å². The molecule has 0 saturated heterocycles. The van der Waals surface area contributed by atoms with Gasteiger partial charge in [-0.1, -0.05) is 26.0 Å². The summed E-state index contributed by atoms with van der Waals surface area (Å²) in [6.45, 7) is 4.70. The number of fused-ring (bicyclic) bond motifs is 2. The Morgan fingerprint density at radius 1 is 0.727 bits per heavy atom. The van der Waals surface area contributed by atoms with Crippen molar-refractivity contribution < 1.29 is 0 Å². The van der Waals surface area contributed by atoms with Crippen LogP contribution in [0.3, 0.4) is 0 Å². The third-order valence-corrected chi connectivity index (χ3v) is 4.95. The monoisotopic (exact) mass is 294 g/mol. The van der Waals surface area contributed by atoms with Crippen molar-refractivity contribution in [1.29, 1.82) is 0 Å². The maximum atomic E-state index is 2.36. The molecule has 0 amide bonds. The zero-order valence-corrected chi connectivity index (χ0v) is 14.6. The third-order valence-electron chi connectivity index (χ3n) is 4.95. The van der Waals surface area contributed by atoms with Crippen LogP contribution in [0.25, 0.3) is 0 Å². The molecule has 0 N–H and O–H groups in total. The lowest BCUT2D eigenvalue weighted by Gasteiger charge is -2.36. The van der Waals surface area contributed by atoms with E-state index in [1.165, 1.54) is 33.6 Å². The molecule has 2 nitrogen and oxygen atoms in total. The number of anilines is 2. The van der Waals surface area contributed by atoms with E-state index < -0.39 is 0 Å². The zero-order valence-electron chi connectivity index (χ0n) is 14.6. The van der Waals surface area contributed by atoms with Crippen LogP contribution in [0.4, 0.5) is 11.4 Å². The molecule has 0 aliphatic heterocycles. The van der Waals surface area contributed by atoms with Crippen LogP contribution in [0.5, 0.6) is 0 Å². The molecule has 0 saturated carbocycles. The lowest BCUT2D eigenvalue weighted by Crippen LogP contribution is -2.28.